The summed E-state index contributed by atoms with van der Waals surface area (Å²) in [7, 11) is 0. The van der Waals surface area contributed by atoms with E-state index in [0.29, 0.717) is 41.9 Å². The lowest BCUT2D eigenvalue weighted by molar-refractivity contribution is -0.133. The number of amides is 1. The number of hydrogen-bond acceptors (Lipinski definition) is 6. The normalized spacial score (nSPS) is 15.2. The molecule has 0 bridgehead atoms. The van der Waals surface area contributed by atoms with Gasteiger partial charge in [-0.2, -0.15) is 4.80 Å². The van der Waals surface area contributed by atoms with Crippen LogP contribution in [0.3, 0.4) is 0 Å². The highest BCUT2D eigenvalue weighted by Gasteiger charge is 2.25. The second-order valence-electron chi connectivity index (χ2n) is 6.55. The van der Waals surface area contributed by atoms with Crippen LogP contribution in [-0.4, -0.2) is 56.8 Å². The molecule has 0 spiro atoms. The Labute approximate surface area is 173 Å². The topological polar surface area (TPSA) is 82.4 Å². The molecule has 1 aromatic heterocycles. The zero-order chi connectivity index (χ0) is 20.2. The minimum absolute atomic E-state index is 0.0184. The van der Waals surface area contributed by atoms with Crippen LogP contribution < -0.4 is 9.47 Å². The molecule has 0 radical (unpaired) electrons. The zero-order valence-electron chi connectivity index (χ0n) is 15.9. The molecule has 0 unspecified atom stereocenters. The van der Waals surface area contributed by atoms with Crippen LogP contribution in [0.25, 0.3) is 11.4 Å². The maximum absolute atomic E-state index is 12.8. The maximum atomic E-state index is 12.8. The van der Waals surface area contributed by atoms with Gasteiger partial charge in [-0.3, -0.25) is 4.79 Å². The van der Waals surface area contributed by atoms with E-state index in [1.165, 1.54) is 4.80 Å². The molecule has 4 rings (SSSR count). The molecule has 9 heteroatoms. The van der Waals surface area contributed by atoms with Gasteiger partial charge in [0.25, 0.3) is 0 Å². The van der Waals surface area contributed by atoms with Crippen LogP contribution in [0.2, 0.25) is 5.02 Å². The fourth-order valence-corrected chi connectivity index (χ4v) is 3.31. The number of fused-ring (bicyclic) bond motifs is 1. The van der Waals surface area contributed by atoms with Crippen LogP contribution in [0.15, 0.2) is 48.5 Å². The highest BCUT2D eigenvalue weighted by Crippen LogP contribution is 2.31. The SMILES string of the molecule is CCN(C[C@H]1COc2ccccc2O1)C(=O)Cn1nnc(-c2ccccc2Cl)n1. The van der Waals surface area contributed by atoms with E-state index in [0.717, 1.165) is 5.75 Å². The first kappa shape index (κ1) is 19.2. The Kier molecular flexibility index (Phi) is 5.62. The predicted molar refractivity (Wildman–Crippen MR) is 107 cm³/mol. The molecule has 0 N–H and O–H groups in total. The average molecular weight is 414 g/mol. The number of hydrogen-bond donors (Lipinski definition) is 0. The van der Waals surface area contributed by atoms with Crippen LogP contribution in [0.5, 0.6) is 11.5 Å². The zero-order valence-corrected chi connectivity index (χ0v) is 16.6. The number of para-hydroxylation sites is 2. The lowest BCUT2D eigenvalue weighted by Gasteiger charge is -2.30. The molecule has 3 aromatic rings. The third kappa shape index (κ3) is 4.32. The van der Waals surface area contributed by atoms with Gasteiger partial charge < -0.3 is 14.4 Å². The lowest BCUT2D eigenvalue weighted by Crippen LogP contribution is -2.44. The number of likely N-dealkylation sites (N-methyl/N-ethyl adjacent to an activating group) is 1. The van der Waals surface area contributed by atoms with E-state index in [1.54, 1.807) is 11.0 Å². The van der Waals surface area contributed by atoms with E-state index in [-0.39, 0.29) is 18.6 Å². The summed E-state index contributed by atoms with van der Waals surface area (Å²) in [4.78, 5) is 15.7. The second kappa shape index (κ2) is 8.48. The molecule has 2 aromatic carbocycles. The molecular formula is C20H20ClN5O3. The molecule has 29 heavy (non-hydrogen) atoms. The number of halogens is 1. The molecule has 0 saturated heterocycles. The third-order valence-electron chi connectivity index (χ3n) is 4.57. The van der Waals surface area contributed by atoms with Crippen molar-refractivity contribution >= 4 is 17.5 Å². The van der Waals surface area contributed by atoms with Crippen LogP contribution >= 0.6 is 11.6 Å². The van der Waals surface area contributed by atoms with Crippen molar-refractivity contribution in [1.29, 1.82) is 0 Å². The van der Waals surface area contributed by atoms with Gasteiger partial charge in [-0.25, -0.2) is 0 Å². The van der Waals surface area contributed by atoms with Gasteiger partial charge in [0.1, 0.15) is 13.2 Å². The second-order valence-corrected chi connectivity index (χ2v) is 6.96. The predicted octanol–water partition coefficient (Wildman–Crippen LogP) is 2.68. The van der Waals surface area contributed by atoms with Gasteiger partial charge in [-0.1, -0.05) is 35.9 Å². The van der Waals surface area contributed by atoms with Gasteiger partial charge in [0, 0.05) is 12.1 Å². The van der Waals surface area contributed by atoms with Gasteiger partial charge in [-0.05, 0) is 36.4 Å². The van der Waals surface area contributed by atoms with E-state index in [1.807, 2.05) is 49.4 Å². The third-order valence-corrected chi connectivity index (χ3v) is 4.90. The van der Waals surface area contributed by atoms with Crippen LogP contribution in [0, 0.1) is 0 Å². The summed E-state index contributed by atoms with van der Waals surface area (Å²) >= 11 is 6.17. The van der Waals surface area contributed by atoms with Gasteiger partial charge >= 0.3 is 0 Å². The number of nitrogens with zero attached hydrogens (tertiary/aromatic N) is 5. The molecule has 1 amide bonds. The number of carbonyl (C=O) groups excluding carboxylic acids is 1. The minimum atomic E-state index is -0.240. The summed E-state index contributed by atoms with van der Waals surface area (Å²) in [5, 5.41) is 12.8. The summed E-state index contributed by atoms with van der Waals surface area (Å²) in [5.74, 6) is 1.66. The molecule has 8 nitrogen and oxygen atoms in total. The Balaban J connectivity index is 1.39. The van der Waals surface area contributed by atoms with E-state index >= 15 is 0 Å². The van der Waals surface area contributed by atoms with Crippen molar-refractivity contribution in [2.45, 2.75) is 19.6 Å². The first-order valence-corrected chi connectivity index (χ1v) is 9.71. The molecule has 150 valence electrons. The van der Waals surface area contributed by atoms with Gasteiger partial charge in [0.15, 0.2) is 17.6 Å². The summed E-state index contributed by atoms with van der Waals surface area (Å²) < 4.78 is 11.7. The van der Waals surface area contributed by atoms with Crippen molar-refractivity contribution < 1.29 is 14.3 Å². The number of aromatic nitrogens is 4. The quantitative estimate of drug-likeness (QED) is 0.618. The summed E-state index contributed by atoms with van der Waals surface area (Å²) in [6.45, 7) is 3.23. The van der Waals surface area contributed by atoms with Crippen molar-refractivity contribution in [1.82, 2.24) is 25.1 Å². The van der Waals surface area contributed by atoms with E-state index in [9.17, 15) is 4.79 Å². The monoisotopic (exact) mass is 413 g/mol. The first-order chi connectivity index (χ1) is 14.1. The summed E-state index contributed by atoms with van der Waals surface area (Å²) in [6.07, 6.45) is -0.240. The van der Waals surface area contributed by atoms with Crippen molar-refractivity contribution in [2.24, 2.45) is 0 Å². The van der Waals surface area contributed by atoms with Gasteiger partial charge in [-0.15, -0.1) is 10.2 Å². The maximum Gasteiger partial charge on any atom is 0.246 e. The van der Waals surface area contributed by atoms with Crippen LogP contribution in [0.1, 0.15) is 6.92 Å². The van der Waals surface area contributed by atoms with Crippen LogP contribution in [-0.2, 0) is 11.3 Å². The first-order valence-electron chi connectivity index (χ1n) is 9.33. The molecule has 1 atom stereocenters. The number of ether oxygens (including phenoxy) is 2. The highest BCUT2D eigenvalue weighted by atomic mass is 35.5. The van der Waals surface area contributed by atoms with Crippen molar-refractivity contribution in [3.63, 3.8) is 0 Å². The lowest BCUT2D eigenvalue weighted by atomic mass is 10.2. The number of carbonyl (C=O) groups is 1. The van der Waals surface area contributed by atoms with Crippen molar-refractivity contribution in [2.75, 3.05) is 19.7 Å². The number of benzene rings is 2. The fourth-order valence-electron chi connectivity index (χ4n) is 3.09. The molecule has 0 aliphatic carbocycles. The van der Waals surface area contributed by atoms with Crippen molar-refractivity contribution in [3.05, 3.63) is 53.6 Å². The van der Waals surface area contributed by atoms with Gasteiger partial charge in [0.05, 0.1) is 11.6 Å². The molecule has 1 aliphatic rings. The summed E-state index contributed by atoms with van der Waals surface area (Å²) in [6, 6.07) is 14.7. The smallest absolute Gasteiger partial charge is 0.246 e. The molecular weight excluding hydrogens is 394 g/mol. The molecule has 0 fully saturated rings. The Morgan fingerprint density at radius 1 is 1.21 bits per heavy atom. The molecule has 0 saturated carbocycles. The van der Waals surface area contributed by atoms with Crippen molar-refractivity contribution in [3.8, 4) is 22.9 Å². The molecule has 2 heterocycles. The Hall–Kier alpha value is -3.13. The fraction of sp³-hybridized carbons (Fsp3) is 0.300. The highest BCUT2D eigenvalue weighted by molar-refractivity contribution is 6.33. The Morgan fingerprint density at radius 3 is 2.76 bits per heavy atom. The standard InChI is InChI=1S/C20H20ClN5O3/c1-2-25(11-14-13-28-17-9-5-6-10-18(17)29-14)19(27)12-26-23-20(22-24-26)15-7-3-4-8-16(15)21/h3-10,14H,2,11-13H2,1H3/t14-/m0/s1. The van der Waals surface area contributed by atoms with E-state index < -0.39 is 0 Å². The molecule has 1 aliphatic heterocycles. The van der Waals surface area contributed by atoms with Gasteiger partial charge in [0.2, 0.25) is 11.7 Å². The van der Waals surface area contributed by atoms with Crippen LogP contribution in [0.4, 0.5) is 0 Å². The Bertz CT molecular complexity index is 1010. The van der Waals surface area contributed by atoms with E-state index in [4.69, 9.17) is 21.1 Å². The minimum Gasteiger partial charge on any atom is -0.486 e. The number of rotatable bonds is 6. The summed E-state index contributed by atoms with van der Waals surface area (Å²) in [5.41, 5.74) is 0.673. The van der Waals surface area contributed by atoms with E-state index in [2.05, 4.69) is 15.4 Å². The largest absolute Gasteiger partial charge is 0.486 e. The number of tetrazole rings is 1. The Morgan fingerprint density at radius 2 is 1.97 bits per heavy atom. The average Bonchev–Trinajstić information content (AvgIpc) is 3.20.